The van der Waals surface area contributed by atoms with Crippen molar-refractivity contribution in [1.29, 1.82) is 0 Å². The van der Waals surface area contributed by atoms with Crippen LogP contribution in [-0.2, 0) is 0 Å². The molecule has 1 aliphatic carbocycles. The highest BCUT2D eigenvalue weighted by atomic mass is 32.1. The Balaban J connectivity index is 2.01. The molecule has 2 aromatic rings. The van der Waals surface area contributed by atoms with Crippen LogP contribution >= 0.6 is 11.3 Å². The Morgan fingerprint density at radius 1 is 1.27 bits per heavy atom. The van der Waals surface area contributed by atoms with E-state index in [1.807, 2.05) is 24.4 Å². The average molecular weight is 217 g/mol. The predicted octanol–water partition coefficient (Wildman–Crippen LogP) is 3.39. The van der Waals surface area contributed by atoms with Crippen LogP contribution in [0.4, 0.5) is 0 Å². The molecule has 0 atom stereocenters. The SMILES string of the molecule is Oc1ccccc1-c1ncc(C2CC2)s1. The molecule has 0 unspecified atom stereocenters. The van der Waals surface area contributed by atoms with Gasteiger partial charge < -0.3 is 5.11 Å². The number of phenols is 1. The van der Waals surface area contributed by atoms with E-state index in [9.17, 15) is 5.11 Å². The maximum atomic E-state index is 9.69. The number of phenolic OH excluding ortho intramolecular Hbond substituents is 1. The molecule has 2 nitrogen and oxygen atoms in total. The van der Waals surface area contributed by atoms with Crippen molar-refractivity contribution in [2.45, 2.75) is 18.8 Å². The van der Waals surface area contributed by atoms with Gasteiger partial charge in [-0.1, -0.05) is 12.1 Å². The van der Waals surface area contributed by atoms with Gasteiger partial charge in [0, 0.05) is 11.1 Å². The molecule has 1 N–H and O–H groups in total. The van der Waals surface area contributed by atoms with Gasteiger partial charge in [0.25, 0.3) is 0 Å². The third-order valence-corrected chi connectivity index (χ3v) is 3.83. The average Bonchev–Trinajstić information content (AvgIpc) is 2.99. The van der Waals surface area contributed by atoms with Crippen molar-refractivity contribution >= 4 is 11.3 Å². The van der Waals surface area contributed by atoms with Crippen molar-refractivity contribution < 1.29 is 5.11 Å². The van der Waals surface area contributed by atoms with Crippen molar-refractivity contribution in [3.05, 3.63) is 35.3 Å². The van der Waals surface area contributed by atoms with Crippen LogP contribution in [-0.4, -0.2) is 10.1 Å². The van der Waals surface area contributed by atoms with Gasteiger partial charge in [0.2, 0.25) is 0 Å². The Kier molecular flexibility index (Phi) is 1.99. The van der Waals surface area contributed by atoms with Crippen LogP contribution in [0.25, 0.3) is 10.6 Å². The Morgan fingerprint density at radius 3 is 2.80 bits per heavy atom. The molecular formula is C12H11NOS. The second-order valence-corrected chi connectivity index (χ2v) is 4.92. The lowest BCUT2D eigenvalue weighted by atomic mass is 10.2. The summed E-state index contributed by atoms with van der Waals surface area (Å²) >= 11 is 1.70. The van der Waals surface area contributed by atoms with Crippen LogP contribution < -0.4 is 0 Å². The first-order valence-corrected chi connectivity index (χ1v) is 5.90. The van der Waals surface area contributed by atoms with Crippen LogP contribution in [0.2, 0.25) is 0 Å². The molecule has 76 valence electrons. The molecule has 3 heteroatoms. The molecule has 0 amide bonds. The van der Waals surface area contributed by atoms with E-state index < -0.39 is 0 Å². The summed E-state index contributed by atoms with van der Waals surface area (Å²) in [5.41, 5.74) is 0.842. The Morgan fingerprint density at radius 2 is 2.07 bits per heavy atom. The minimum absolute atomic E-state index is 0.314. The van der Waals surface area contributed by atoms with Crippen LogP contribution in [0.1, 0.15) is 23.6 Å². The van der Waals surface area contributed by atoms with Gasteiger partial charge in [-0.15, -0.1) is 11.3 Å². The highest BCUT2D eigenvalue weighted by molar-refractivity contribution is 7.15. The summed E-state index contributed by atoms with van der Waals surface area (Å²) in [6, 6.07) is 7.36. The number of rotatable bonds is 2. The fourth-order valence-electron chi connectivity index (χ4n) is 1.62. The largest absolute Gasteiger partial charge is 0.507 e. The van der Waals surface area contributed by atoms with Crippen molar-refractivity contribution in [3.63, 3.8) is 0 Å². The zero-order valence-corrected chi connectivity index (χ0v) is 9.00. The number of thiazole rings is 1. The van der Waals surface area contributed by atoms with Crippen LogP contribution in [0.5, 0.6) is 5.75 Å². The van der Waals surface area contributed by atoms with Gasteiger partial charge in [-0.3, -0.25) is 0 Å². The monoisotopic (exact) mass is 217 g/mol. The zero-order valence-electron chi connectivity index (χ0n) is 8.18. The summed E-state index contributed by atoms with van der Waals surface area (Å²) in [6.45, 7) is 0. The van der Waals surface area contributed by atoms with Crippen molar-refractivity contribution in [1.82, 2.24) is 4.98 Å². The smallest absolute Gasteiger partial charge is 0.127 e. The van der Waals surface area contributed by atoms with E-state index in [0.29, 0.717) is 5.75 Å². The van der Waals surface area contributed by atoms with E-state index in [2.05, 4.69) is 4.98 Å². The molecule has 1 fully saturated rings. The highest BCUT2D eigenvalue weighted by Crippen LogP contribution is 2.44. The molecule has 1 heterocycles. The maximum Gasteiger partial charge on any atom is 0.127 e. The summed E-state index contributed by atoms with van der Waals surface area (Å²) in [7, 11) is 0. The van der Waals surface area contributed by atoms with Crippen LogP contribution in [0, 0.1) is 0 Å². The molecule has 1 aromatic heterocycles. The first kappa shape index (κ1) is 8.92. The van der Waals surface area contributed by atoms with E-state index in [1.165, 1.54) is 17.7 Å². The molecule has 1 aromatic carbocycles. The van der Waals surface area contributed by atoms with E-state index in [4.69, 9.17) is 0 Å². The van der Waals surface area contributed by atoms with Gasteiger partial charge in [0.05, 0.1) is 5.56 Å². The van der Waals surface area contributed by atoms with Crippen LogP contribution in [0.15, 0.2) is 30.5 Å². The Labute approximate surface area is 92.2 Å². The minimum atomic E-state index is 0.314. The number of hydrogen-bond donors (Lipinski definition) is 1. The number of aromatic hydroxyl groups is 1. The lowest BCUT2D eigenvalue weighted by Gasteiger charge is -1.98. The molecule has 0 aliphatic heterocycles. The first-order valence-electron chi connectivity index (χ1n) is 5.08. The number of benzene rings is 1. The first-order chi connectivity index (χ1) is 7.34. The molecular weight excluding hydrogens is 206 g/mol. The fraction of sp³-hybridized carbons (Fsp3) is 0.250. The van der Waals surface area contributed by atoms with Crippen molar-refractivity contribution in [2.24, 2.45) is 0 Å². The minimum Gasteiger partial charge on any atom is -0.507 e. The normalized spacial score (nSPS) is 15.5. The van der Waals surface area contributed by atoms with Crippen LogP contribution in [0.3, 0.4) is 0 Å². The molecule has 1 aliphatic rings. The summed E-state index contributed by atoms with van der Waals surface area (Å²) < 4.78 is 0. The number of nitrogens with zero attached hydrogens (tertiary/aromatic N) is 1. The quantitative estimate of drug-likeness (QED) is 0.836. The summed E-state index contributed by atoms with van der Waals surface area (Å²) in [6.07, 6.45) is 4.54. The summed E-state index contributed by atoms with van der Waals surface area (Å²) in [5.74, 6) is 1.05. The molecule has 0 radical (unpaired) electrons. The number of aromatic nitrogens is 1. The lowest BCUT2D eigenvalue weighted by Crippen LogP contribution is -1.75. The van der Waals surface area contributed by atoms with E-state index in [1.54, 1.807) is 17.4 Å². The molecule has 0 saturated heterocycles. The molecule has 1 saturated carbocycles. The third kappa shape index (κ3) is 1.63. The van der Waals surface area contributed by atoms with Gasteiger partial charge in [-0.2, -0.15) is 0 Å². The second kappa shape index (κ2) is 3.35. The van der Waals surface area contributed by atoms with Crippen molar-refractivity contribution in [3.8, 4) is 16.3 Å². The number of hydrogen-bond acceptors (Lipinski definition) is 3. The predicted molar refractivity (Wildman–Crippen MR) is 61.2 cm³/mol. The van der Waals surface area contributed by atoms with Gasteiger partial charge in [-0.05, 0) is 30.9 Å². The molecule has 3 rings (SSSR count). The fourth-order valence-corrected chi connectivity index (χ4v) is 2.74. The summed E-state index contributed by atoms with van der Waals surface area (Å²) in [5, 5.41) is 10.6. The third-order valence-electron chi connectivity index (χ3n) is 2.64. The number of para-hydroxylation sites is 1. The molecule has 0 spiro atoms. The maximum absolute atomic E-state index is 9.69. The topological polar surface area (TPSA) is 33.1 Å². The molecule has 0 bridgehead atoms. The zero-order chi connectivity index (χ0) is 10.3. The lowest BCUT2D eigenvalue weighted by molar-refractivity contribution is 0.477. The summed E-state index contributed by atoms with van der Waals surface area (Å²) in [4.78, 5) is 5.72. The standard InChI is InChI=1S/C12H11NOS/c14-10-4-2-1-3-9(10)12-13-7-11(15-12)8-5-6-8/h1-4,7-8,14H,5-6H2. The van der Waals surface area contributed by atoms with Gasteiger partial charge in [-0.25, -0.2) is 4.98 Å². The van der Waals surface area contributed by atoms with Gasteiger partial charge in [0.15, 0.2) is 0 Å². The van der Waals surface area contributed by atoms with E-state index >= 15 is 0 Å². The second-order valence-electron chi connectivity index (χ2n) is 3.86. The highest BCUT2D eigenvalue weighted by Gasteiger charge is 2.26. The Hall–Kier alpha value is -1.35. The Bertz CT molecular complexity index is 488. The van der Waals surface area contributed by atoms with Crippen molar-refractivity contribution in [2.75, 3.05) is 0 Å². The molecule has 15 heavy (non-hydrogen) atoms. The van der Waals surface area contributed by atoms with Gasteiger partial charge in [0.1, 0.15) is 10.8 Å². The van der Waals surface area contributed by atoms with E-state index in [0.717, 1.165) is 16.5 Å². The van der Waals surface area contributed by atoms with Gasteiger partial charge >= 0.3 is 0 Å². The van der Waals surface area contributed by atoms with E-state index in [-0.39, 0.29) is 0 Å².